The number of hydrogen-bond acceptors (Lipinski definition) is 3. The van der Waals surface area contributed by atoms with Gasteiger partial charge in [0.25, 0.3) is 0 Å². The van der Waals surface area contributed by atoms with Crippen molar-refractivity contribution in [3.63, 3.8) is 0 Å². The second kappa shape index (κ2) is 3.11. The Kier molecular flexibility index (Phi) is 2.11. The Morgan fingerprint density at radius 3 is 3.17 bits per heavy atom. The molecule has 0 radical (unpaired) electrons. The van der Waals surface area contributed by atoms with Crippen molar-refractivity contribution >= 4 is 29.0 Å². The minimum absolute atomic E-state index is 0.278. The maximum absolute atomic E-state index is 11.0. The van der Waals surface area contributed by atoms with Crippen molar-refractivity contribution in [1.82, 2.24) is 0 Å². The van der Waals surface area contributed by atoms with E-state index >= 15 is 0 Å². The van der Waals surface area contributed by atoms with Crippen molar-refractivity contribution < 1.29 is 4.79 Å². The number of fused-ring (bicyclic) bond motifs is 1. The molecule has 0 fully saturated rings. The average molecular weight is 199 g/mol. The SMILES string of the molecule is NC(=O)c1csc2c1CCSC2. The van der Waals surface area contributed by atoms with E-state index in [1.54, 1.807) is 11.3 Å². The molecule has 0 aromatic carbocycles. The standard InChI is InChI=1S/C8H9NOS2/c9-8(10)6-3-12-7-4-11-2-1-5(6)7/h3H,1-2,4H2,(H2,9,10). The Morgan fingerprint density at radius 1 is 1.58 bits per heavy atom. The van der Waals surface area contributed by atoms with Gasteiger partial charge in [-0.15, -0.1) is 11.3 Å². The van der Waals surface area contributed by atoms with Gasteiger partial charge >= 0.3 is 0 Å². The molecule has 0 saturated heterocycles. The lowest BCUT2D eigenvalue weighted by molar-refractivity contribution is 0.1000. The van der Waals surface area contributed by atoms with Crippen LogP contribution in [0.25, 0.3) is 0 Å². The van der Waals surface area contributed by atoms with Crippen LogP contribution in [0.5, 0.6) is 0 Å². The van der Waals surface area contributed by atoms with E-state index in [2.05, 4.69) is 0 Å². The van der Waals surface area contributed by atoms with Crippen molar-refractivity contribution in [3.05, 3.63) is 21.4 Å². The Morgan fingerprint density at radius 2 is 2.42 bits per heavy atom. The summed E-state index contributed by atoms with van der Waals surface area (Å²) in [4.78, 5) is 12.3. The van der Waals surface area contributed by atoms with Gasteiger partial charge in [-0.1, -0.05) is 0 Å². The predicted octanol–water partition coefficient (Wildman–Crippen LogP) is 1.64. The van der Waals surface area contributed by atoms with Gasteiger partial charge in [-0.25, -0.2) is 0 Å². The van der Waals surface area contributed by atoms with Crippen molar-refractivity contribution in [2.45, 2.75) is 12.2 Å². The number of hydrogen-bond donors (Lipinski definition) is 1. The molecule has 2 N–H and O–H groups in total. The van der Waals surface area contributed by atoms with Gasteiger partial charge in [0.1, 0.15) is 0 Å². The van der Waals surface area contributed by atoms with Crippen LogP contribution in [0.3, 0.4) is 0 Å². The number of thioether (sulfide) groups is 1. The molecule has 0 spiro atoms. The van der Waals surface area contributed by atoms with E-state index < -0.39 is 0 Å². The molecule has 0 atom stereocenters. The molecule has 1 aliphatic rings. The molecule has 4 heteroatoms. The van der Waals surface area contributed by atoms with E-state index in [-0.39, 0.29) is 5.91 Å². The maximum atomic E-state index is 11.0. The fraction of sp³-hybridized carbons (Fsp3) is 0.375. The molecular formula is C8H9NOS2. The number of nitrogens with two attached hydrogens (primary N) is 1. The second-order valence-corrected chi connectivity index (χ2v) is 4.79. The zero-order valence-electron chi connectivity index (χ0n) is 6.50. The number of carbonyl (C=O) groups excluding carboxylic acids is 1. The zero-order chi connectivity index (χ0) is 8.55. The molecule has 0 aliphatic carbocycles. The van der Waals surface area contributed by atoms with Crippen LogP contribution in [0.4, 0.5) is 0 Å². The molecule has 2 heterocycles. The Hall–Kier alpha value is -0.480. The molecule has 64 valence electrons. The highest BCUT2D eigenvalue weighted by Gasteiger charge is 2.18. The van der Waals surface area contributed by atoms with Crippen LogP contribution in [0.15, 0.2) is 5.38 Å². The van der Waals surface area contributed by atoms with Gasteiger partial charge in [0.15, 0.2) is 0 Å². The van der Waals surface area contributed by atoms with Crippen LogP contribution >= 0.6 is 23.1 Å². The van der Waals surface area contributed by atoms with Crippen LogP contribution in [-0.4, -0.2) is 11.7 Å². The fourth-order valence-corrected chi connectivity index (χ4v) is 3.61. The maximum Gasteiger partial charge on any atom is 0.249 e. The highest BCUT2D eigenvalue weighted by molar-refractivity contribution is 7.98. The van der Waals surface area contributed by atoms with Crippen molar-refractivity contribution in [1.29, 1.82) is 0 Å². The van der Waals surface area contributed by atoms with Crippen LogP contribution in [-0.2, 0) is 12.2 Å². The third kappa shape index (κ3) is 1.25. The molecule has 12 heavy (non-hydrogen) atoms. The smallest absolute Gasteiger partial charge is 0.249 e. The largest absolute Gasteiger partial charge is 0.366 e. The first kappa shape index (κ1) is 8.13. The molecule has 0 unspecified atom stereocenters. The van der Waals surface area contributed by atoms with Gasteiger partial charge in [0.05, 0.1) is 5.56 Å². The molecule has 0 bridgehead atoms. The lowest BCUT2D eigenvalue weighted by atomic mass is 10.1. The van der Waals surface area contributed by atoms with Gasteiger partial charge in [-0.2, -0.15) is 11.8 Å². The van der Waals surface area contributed by atoms with E-state index in [1.807, 2.05) is 17.1 Å². The highest BCUT2D eigenvalue weighted by Crippen LogP contribution is 2.31. The molecule has 0 saturated carbocycles. The van der Waals surface area contributed by atoms with Crippen LogP contribution in [0.1, 0.15) is 20.8 Å². The number of carbonyl (C=O) groups is 1. The van der Waals surface area contributed by atoms with E-state index in [1.165, 1.54) is 10.4 Å². The van der Waals surface area contributed by atoms with Crippen molar-refractivity contribution in [3.8, 4) is 0 Å². The Bertz CT molecular complexity index is 319. The summed E-state index contributed by atoms with van der Waals surface area (Å²) in [6.07, 6.45) is 1.00. The minimum atomic E-state index is -0.278. The van der Waals surface area contributed by atoms with Crippen molar-refractivity contribution in [2.24, 2.45) is 5.73 Å². The lowest BCUT2D eigenvalue weighted by Crippen LogP contribution is -2.14. The van der Waals surface area contributed by atoms with Crippen LogP contribution < -0.4 is 5.73 Å². The molecule has 2 nitrogen and oxygen atoms in total. The van der Waals surface area contributed by atoms with E-state index in [0.717, 1.165) is 23.5 Å². The van der Waals surface area contributed by atoms with Gasteiger partial charge in [-0.3, -0.25) is 4.79 Å². The first-order valence-corrected chi connectivity index (χ1v) is 5.79. The predicted molar refractivity (Wildman–Crippen MR) is 52.7 cm³/mol. The van der Waals surface area contributed by atoms with Crippen LogP contribution in [0, 0.1) is 0 Å². The molecule has 1 aliphatic heterocycles. The van der Waals surface area contributed by atoms with E-state index in [0.29, 0.717) is 0 Å². The third-order valence-corrected chi connectivity index (χ3v) is 4.17. The lowest BCUT2D eigenvalue weighted by Gasteiger charge is -2.10. The quantitative estimate of drug-likeness (QED) is 0.747. The van der Waals surface area contributed by atoms with E-state index in [9.17, 15) is 4.79 Å². The monoisotopic (exact) mass is 199 g/mol. The summed E-state index contributed by atoms with van der Waals surface area (Å²) in [5.74, 6) is 1.89. The van der Waals surface area contributed by atoms with E-state index in [4.69, 9.17) is 5.73 Å². The summed E-state index contributed by atoms with van der Waals surface area (Å²) < 4.78 is 0. The fourth-order valence-electron chi connectivity index (χ4n) is 1.36. The van der Waals surface area contributed by atoms with Gasteiger partial charge in [0.2, 0.25) is 5.91 Å². The number of amides is 1. The number of rotatable bonds is 1. The normalized spacial score (nSPS) is 15.7. The molecular weight excluding hydrogens is 190 g/mol. The Balaban J connectivity index is 2.44. The summed E-state index contributed by atoms with van der Waals surface area (Å²) >= 11 is 3.58. The number of primary amides is 1. The Labute approximate surface area is 79.2 Å². The molecule has 1 aromatic heterocycles. The van der Waals surface area contributed by atoms with Gasteiger partial charge < -0.3 is 5.73 Å². The molecule has 2 rings (SSSR count). The minimum Gasteiger partial charge on any atom is -0.366 e. The zero-order valence-corrected chi connectivity index (χ0v) is 8.13. The van der Waals surface area contributed by atoms with Crippen LogP contribution in [0.2, 0.25) is 0 Å². The van der Waals surface area contributed by atoms with Gasteiger partial charge in [-0.05, 0) is 17.7 Å². The van der Waals surface area contributed by atoms with Gasteiger partial charge in [0, 0.05) is 16.0 Å². The summed E-state index contributed by atoms with van der Waals surface area (Å²) in [6.45, 7) is 0. The topological polar surface area (TPSA) is 43.1 Å². The second-order valence-electron chi connectivity index (χ2n) is 2.72. The van der Waals surface area contributed by atoms with Crippen molar-refractivity contribution in [2.75, 3.05) is 5.75 Å². The summed E-state index contributed by atoms with van der Waals surface area (Å²) in [6, 6.07) is 0. The number of thiophene rings is 1. The summed E-state index contributed by atoms with van der Waals surface area (Å²) in [7, 11) is 0. The molecule has 1 aromatic rings. The first-order valence-electron chi connectivity index (χ1n) is 3.76. The highest BCUT2D eigenvalue weighted by atomic mass is 32.2. The average Bonchev–Trinajstić information content (AvgIpc) is 2.47. The third-order valence-electron chi connectivity index (χ3n) is 1.98. The first-order chi connectivity index (χ1) is 5.79. The molecule has 1 amide bonds. The summed E-state index contributed by atoms with van der Waals surface area (Å²) in [5, 5.41) is 1.89. The summed E-state index contributed by atoms with van der Waals surface area (Å²) in [5.41, 5.74) is 7.19.